The number of carbonyl (C=O) groups excluding carboxylic acids is 1. The fourth-order valence-corrected chi connectivity index (χ4v) is 3.47. The van der Waals surface area contributed by atoms with Gasteiger partial charge in [0.2, 0.25) is 0 Å². The molecule has 1 amide bonds. The van der Waals surface area contributed by atoms with E-state index in [0.29, 0.717) is 24.2 Å². The number of likely N-dealkylation sites (tertiary alicyclic amines) is 1. The predicted octanol–water partition coefficient (Wildman–Crippen LogP) is 1.97. The van der Waals surface area contributed by atoms with Gasteiger partial charge in [-0.1, -0.05) is 23.4 Å². The minimum absolute atomic E-state index is 0.0978. The van der Waals surface area contributed by atoms with Crippen LogP contribution in [0.3, 0.4) is 0 Å². The number of rotatable bonds is 5. The van der Waals surface area contributed by atoms with E-state index in [1.807, 2.05) is 35.0 Å². The zero-order valence-corrected chi connectivity index (χ0v) is 14.0. The fraction of sp³-hybridized carbons (Fsp3) is 0.500. The Morgan fingerprint density at radius 3 is 2.71 bits per heavy atom. The number of para-hydroxylation sites is 1. The molecular weight excluding hydrogens is 302 g/mol. The Kier molecular flexibility index (Phi) is 4.06. The summed E-state index contributed by atoms with van der Waals surface area (Å²) >= 11 is 0. The Hall–Kier alpha value is -2.21. The van der Waals surface area contributed by atoms with Crippen LogP contribution in [0.1, 0.15) is 47.8 Å². The molecule has 0 radical (unpaired) electrons. The molecule has 6 nitrogen and oxygen atoms in total. The van der Waals surface area contributed by atoms with Gasteiger partial charge in [-0.15, -0.1) is 5.10 Å². The molecule has 2 aliphatic rings. The molecule has 0 unspecified atom stereocenters. The van der Waals surface area contributed by atoms with Crippen molar-refractivity contribution in [2.45, 2.75) is 37.6 Å². The molecule has 1 saturated carbocycles. The highest BCUT2D eigenvalue weighted by molar-refractivity contribution is 5.93. The number of likely N-dealkylation sites (N-methyl/N-ethyl adjacent to an activating group) is 1. The second-order valence-electron chi connectivity index (χ2n) is 6.83. The van der Waals surface area contributed by atoms with Gasteiger partial charge in [0.05, 0.1) is 11.4 Å². The second-order valence-corrected chi connectivity index (χ2v) is 6.83. The predicted molar refractivity (Wildman–Crippen MR) is 91.3 cm³/mol. The Bertz CT molecular complexity index is 722. The SMILES string of the molecule is CN1CCC[C@H]1CNC(=O)c1nnn(-c2ccccc2)c1C1CC1. The smallest absolute Gasteiger partial charge is 0.273 e. The average Bonchev–Trinajstić information content (AvgIpc) is 3.21. The van der Waals surface area contributed by atoms with Crippen molar-refractivity contribution in [2.75, 3.05) is 20.1 Å². The summed E-state index contributed by atoms with van der Waals surface area (Å²) < 4.78 is 1.83. The van der Waals surface area contributed by atoms with Crippen LogP contribution in [0.4, 0.5) is 0 Å². The Morgan fingerprint density at radius 1 is 1.25 bits per heavy atom. The molecule has 0 spiro atoms. The first-order chi connectivity index (χ1) is 11.7. The number of nitrogens with zero attached hydrogens (tertiary/aromatic N) is 4. The van der Waals surface area contributed by atoms with Gasteiger partial charge in [-0.25, -0.2) is 4.68 Å². The molecule has 1 aliphatic carbocycles. The summed E-state index contributed by atoms with van der Waals surface area (Å²) in [6.07, 6.45) is 4.55. The van der Waals surface area contributed by atoms with Crippen LogP contribution in [0, 0.1) is 0 Å². The summed E-state index contributed by atoms with van der Waals surface area (Å²) in [7, 11) is 2.12. The van der Waals surface area contributed by atoms with Crippen LogP contribution in [-0.2, 0) is 0 Å². The van der Waals surface area contributed by atoms with Crippen molar-refractivity contribution in [3.8, 4) is 5.69 Å². The molecule has 2 fully saturated rings. The molecule has 1 saturated heterocycles. The van der Waals surface area contributed by atoms with Crippen LogP contribution in [-0.4, -0.2) is 52.0 Å². The van der Waals surface area contributed by atoms with Crippen LogP contribution in [0.15, 0.2) is 30.3 Å². The molecule has 24 heavy (non-hydrogen) atoms. The molecule has 1 aromatic carbocycles. The maximum atomic E-state index is 12.7. The van der Waals surface area contributed by atoms with Gasteiger partial charge in [0.1, 0.15) is 0 Å². The topological polar surface area (TPSA) is 63.1 Å². The van der Waals surface area contributed by atoms with Gasteiger partial charge in [-0.05, 0) is 51.4 Å². The maximum Gasteiger partial charge on any atom is 0.273 e. The van der Waals surface area contributed by atoms with Gasteiger partial charge < -0.3 is 10.2 Å². The number of aromatic nitrogens is 3. The number of benzene rings is 1. The zero-order valence-electron chi connectivity index (χ0n) is 14.0. The van der Waals surface area contributed by atoms with Crippen molar-refractivity contribution in [3.05, 3.63) is 41.7 Å². The lowest BCUT2D eigenvalue weighted by molar-refractivity contribution is 0.0937. The standard InChI is InChI=1S/C18H23N5O/c1-22-11-5-8-15(22)12-19-18(24)16-17(13-9-10-13)23(21-20-16)14-6-3-2-4-7-14/h2-4,6-7,13,15H,5,8-12H2,1H3,(H,19,24)/t15-/m0/s1. The van der Waals surface area contributed by atoms with E-state index in [-0.39, 0.29) is 5.91 Å². The first kappa shape index (κ1) is 15.3. The van der Waals surface area contributed by atoms with Crippen molar-refractivity contribution in [2.24, 2.45) is 0 Å². The summed E-state index contributed by atoms with van der Waals surface area (Å²) in [6.45, 7) is 1.79. The third-order valence-electron chi connectivity index (χ3n) is 5.05. The van der Waals surface area contributed by atoms with E-state index < -0.39 is 0 Å². The number of amides is 1. The highest BCUT2D eigenvalue weighted by Crippen LogP contribution is 2.41. The normalized spacial score (nSPS) is 21.1. The van der Waals surface area contributed by atoms with Gasteiger partial charge in [0, 0.05) is 18.5 Å². The minimum Gasteiger partial charge on any atom is -0.349 e. The van der Waals surface area contributed by atoms with Crippen LogP contribution in [0.2, 0.25) is 0 Å². The summed E-state index contributed by atoms with van der Waals surface area (Å²) in [4.78, 5) is 15.0. The van der Waals surface area contributed by atoms with Gasteiger partial charge in [-0.2, -0.15) is 0 Å². The van der Waals surface area contributed by atoms with Crippen LogP contribution < -0.4 is 5.32 Å². The van der Waals surface area contributed by atoms with Crippen molar-refractivity contribution < 1.29 is 4.79 Å². The van der Waals surface area contributed by atoms with Crippen molar-refractivity contribution in [1.29, 1.82) is 0 Å². The van der Waals surface area contributed by atoms with Gasteiger partial charge in [0.15, 0.2) is 5.69 Å². The molecule has 6 heteroatoms. The van der Waals surface area contributed by atoms with E-state index in [1.54, 1.807) is 0 Å². The summed E-state index contributed by atoms with van der Waals surface area (Å²) in [5.74, 6) is 0.300. The molecule has 1 aromatic heterocycles. The van der Waals surface area contributed by atoms with E-state index in [4.69, 9.17) is 0 Å². The number of hydrogen-bond acceptors (Lipinski definition) is 4. The Morgan fingerprint density at radius 2 is 2.04 bits per heavy atom. The quantitative estimate of drug-likeness (QED) is 0.913. The van der Waals surface area contributed by atoms with E-state index in [9.17, 15) is 4.79 Å². The summed E-state index contributed by atoms with van der Waals surface area (Å²) in [6, 6.07) is 10.4. The molecule has 0 bridgehead atoms. The first-order valence-corrected chi connectivity index (χ1v) is 8.73. The molecule has 4 rings (SSSR count). The highest BCUT2D eigenvalue weighted by Gasteiger charge is 2.34. The highest BCUT2D eigenvalue weighted by atomic mass is 16.2. The average molecular weight is 325 g/mol. The lowest BCUT2D eigenvalue weighted by atomic mass is 10.2. The number of nitrogens with one attached hydrogen (secondary N) is 1. The first-order valence-electron chi connectivity index (χ1n) is 8.73. The molecular formula is C18H23N5O. The Labute approximate surface area is 141 Å². The monoisotopic (exact) mass is 325 g/mol. The fourth-order valence-electron chi connectivity index (χ4n) is 3.47. The van der Waals surface area contributed by atoms with E-state index >= 15 is 0 Å². The zero-order chi connectivity index (χ0) is 16.5. The second kappa shape index (κ2) is 6.36. The number of carbonyl (C=O) groups is 1. The molecule has 1 aliphatic heterocycles. The molecule has 1 N–H and O–H groups in total. The van der Waals surface area contributed by atoms with E-state index in [2.05, 4.69) is 27.6 Å². The van der Waals surface area contributed by atoms with E-state index in [1.165, 1.54) is 6.42 Å². The van der Waals surface area contributed by atoms with Crippen LogP contribution in [0.25, 0.3) is 5.69 Å². The third-order valence-corrected chi connectivity index (χ3v) is 5.05. The molecule has 2 heterocycles. The van der Waals surface area contributed by atoms with Gasteiger partial charge in [-0.3, -0.25) is 4.79 Å². The van der Waals surface area contributed by atoms with Gasteiger partial charge in [0.25, 0.3) is 5.91 Å². The number of hydrogen-bond donors (Lipinski definition) is 1. The lowest BCUT2D eigenvalue weighted by Gasteiger charge is -2.19. The summed E-state index contributed by atoms with van der Waals surface area (Å²) in [5, 5.41) is 11.5. The molecule has 126 valence electrons. The molecule has 1 atom stereocenters. The molecule has 2 aromatic rings. The largest absolute Gasteiger partial charge is 0.349 e. The maximum absolute atomic E-state index is 12.7. The van der Waals surface area contributed by atoms with Gasteiger partial charge >= 0.3 is 0 Å². The lowest BCUT2D eigenvalue weighted by Crippen LogP contribution is -2.38. The summed E-state index contributed by atoms with van der Waals surface area (Å²) in [5.41, 5.74) is 2.40. The van der Waals surface area contributed by atoms with Crippen molar-refractivity contribution in [3.63, 3.8) is 0 Å². The third kappa shape index (κ3) is 2.94. The van der Waals surface area contributed by atoms with E-state index in [0.717, 1.165) is 37.2 Å². The van der Waals surface area contributed by atoms with Crippen molar-refractivity contribution in [1.82, 2.24) is 25.2 Å². The van der Waals surface area contributed by atoms with Crippen LogP contribution in [0.5, 0.6) is 0 Å². The Balaban J connectivity index is 1.54. The minimum atomic E-state index is -0.0978. The van der Waals surface area contributed by atoms with Crippen molar-refractivity contribution >= 4 is 5.91 Å². The van der Waals surface area contributed by atoms with Crippen LogP contribution >= 0.6 is 0 Å².